The quantitative estimate of drug-likeness (QED) is 0.905. The third-order valence-electron chi connectivity index (χ3n) is 3.86. The van der Waals surface area contributed by atoms with Crippen molar-refractivity contribution in [2.45, 2.75) is 32.4 Å². The summed E-state index contributed by atoms with van der Waals surface area (Å²) in [6.45, 7) is 3.73. The van der Waals surface area contributed by atoms with E-state index in [0.717, 1.165) is 18.7 Å². The topological polar surface area (TPSA) is 45.2 Å². The molecule has 23 heavy (non-hydrogen) atoms. The molecule has 1 saturated heterocycles. The van der Waals surface area contributed by atoms with Gasteiger partial charge in [-0.2, -0.15) is 13.2 Å². The van der Waals surface area contributed by atoms with Crippen LogP contribution in [0.15, 0.2) is 12.3 Å². The molecular formula is C15H19ClF3N3O. The molecule has 8 heteroatoms. The van der Waals surface area contributed by atoms with Crippen molar-refractivity contribution >= 4 is 23.3 Å². The standard InChI is InChI=1S/C15H19ClF3N3O/c1-2-5-20-14(23)10-3-6-22(7-4-10)13-12(16)8-11(9-21-13)15(17,18)19/h8-10H,2-7H2,1H3,(H,20,23). The Hall–Kier alpha value is -1.50. The van der Waals surface area contributed by atoms with Crippen molar-refractivity contribution < 1.29 is 18.0 Å². The van der Waals surface area contributed by atoms with Crippen LogP contribution in [0, 0.1) is 5.92 Å². The van der Waals surface area contributed by atoms with Gasteiger partial charge in [-0.05, 0) is 25.3 Å². The van der Waals surface area contributed by atoms with Crippen LogP contribution in [-0.4, -0.2) is 30.5 Å². The highest BCUT2D eigenvalue weighted by Crippen LogP contribution is 2.34. The van der Waals surface area contributed by atoms with Gasteiger partial charge in [0.25, 0.3) is 0 Å². The van der Waals surface area contributed by atoms with Crippen LogP contribution >= 0.6 is 11.6 Å². The van der Waals surface area contributed by atoms with Crippen LogP contribution in [0.2, 0.25) is 5.02 Å². The van der Waals surface area contributed by atoms with Crippen LogP contribution in [0.3, 0.4) is 0 Å². The minimum Gasteiger partial charge on any atom is -0.356 e. The Balaban J connectivity index is 1.99. The van der Waals surface area contributed by atoms with E-state index in [1.54, 1.807) is 0 Å². The summed E-state index contributed by atoms with van der Waals surface area (Å²) in [7, 11) is 0. The van der Waals surface area contributed by atoms with Gasteiger partial charge in [0.05, 0.1) is 10.6 Å². The minimum absolute atomic E-state index is 0.0197. The molecule has 1 fully saturated rings. The Labute approximate surface area is 138 Å². The molecule has 4 nitrogen and oxygen atoms in total. The summed E-state index contributed by atoms with van der Waals surface area (Å²) in [5, 5.41) is 2.85. The van der Waals surface area contributed by atoms with Crippen LogP contribution in [-0.2, 0) is 11.0 Å². The Kier molecular flexibility index (Phi) is 5.73. The average Bonchev–Trinajstić information content (AvgIpc) is 2.52. The second-order valence-corrected chi connectivity index (χ2v) is 5.99. The molecule has 0 bridgehead atoms. The molecule has 1 N–H and O–H groups in total. The molecule has 0 atom stereocenters. The van der Waals surface area contributed by atoms with Crippen LogP contribution in [0.1, 0.15) is 31.7 Å². The number of nitrogens with zero attached hydrogens (tertiary/aromatic N) is 2. The summed E-state index contributed by atoms with van der Waals surface area (Å²) >= 11 is 5.95. The van der Waals surface area contributed by atoms with Crippen molar-refractivity contribution in [1.29, 1.82) is 0 Å². The molecule has 1 amide bonds. The number of rotatable bonds is 4. The van der Waals surface area contributed by atoms with E-state index in [9.17, 15) is 18.0 Å². The molecule has 1 aromatic heterocycles. The molecule has 2 rings (SSSR count). The lowest BCUT2D eigenvalue weighted by atomic mass is 9.96. The highest BCUT2D eigenvalue weighted by Gasteiger charge is 2.32. The maximum absolute atomic E-state index is 12.6. The van der Waals surface area contributed by atoms with Gasteiger partial charge in [0.15, 0.2) is 0 Å². The summed E-state index contributed by atoms with van der Waals surface area (Å²) in [5.74, 6) is 0.316. The van der Waals surface area contributed by atoms with Gasteiger partial charge < -0.3 is 10.2 Å². The Morgan fingerprint density at radius 3 is 2.61 bits per heavy atom. The van der Waals surface area contributed by atoms with Gasteiger partial charge in [0, 0.05) is 31.7 Å². The summed E-state index contributed by atoms with van der Waals surface area (Å²) in [6, 6.07) is 0.893. The second-order valence-electron chi connectivity index (χ2n) is 5.58. The number of anilines is 1. The highest BCUT2D eigenvalue weighted by molar-refractivity contribution is 6.33. The smallest absolute Gasteiger partial charge is 0.356 e. The van der Waals surface area contributed by atoms with Crippen molar-refractivity contribution in [3.63, 3.8) is 0 Å². The zero-order chi connectivity index (χ0) is 17.0. The average molecular weight is 350 g/mol. The van der Waals surface area contributed by atoms with Crippen molar-refractivity contribution in [3.8, 4) is 0 Å². The Bertz CT molecular complexity index is 557. The highest BCUT2D eigenvalue weighted by atomic mass is 35.5. The summed E-state index contributed by atoms with van der Waals surface area (Å²) in [4.78, 5) is 17.6. The molecule has 0 aliphatic carbocycles. The number of piperidine rings is 1. The maximum Gasteiger partial charge on any atom is 0.417 e. The fraction of sp³-hybridized carbons (Fsp3) is 0.600. The number of nitrogens with one attached hydrogen (secondary N) is 1. The van der Waals surface area contributed by atoms with Gasteiger partial charge in [-0.1, -0.05) is 18.5 Å². The van der Waals surface area contributed by atoms with Gasteiger partial charge in [-0.3, -0.25) is 4.79 Å². The largest absolute Gasteiger partial charge is 0.417 e. The van der Waals surface area contributed by atoms with Gasteiger partial charge in [-0.15, -0.1) is 0 Å². The molecular weight excluding hydrogens is 331 g/mol. The minimum atomic E-state index is -4.46. The van der Waals surface area contributed by atoms with Gasteiger partial charge in [0.1, 0.15) is 5.82 Å². The number of amides is 1. The van der Waals surface area contributed by atoms with Crippen LogP contribution < -0.4 is 10.2 Å². The summed E-state index contributed by atoms with van der Waals surface area (Å²) in [5.41, 5.74) is -0.861. The van der Waals surface area contributed by atoms with Crippen molar-refractivity contribution in [2.24, 2.45) is 5.92 Å². The summed E-state index contributed by atoms with van der Waals surface area (Å²) < 4.78 is 37.9. The first-order valence-electron chi connectivity index (χ1n) is 7.58. The monoisotopic (exact) mass is 349 g/mol. The number of hydrogen-bond acceptors (Lipinski definition) is 3. The number of hydrogen-bond donors (Lipinski definition) is 1. The number of pyridine rings is 1. The van der Waals surface area contributed by atoms with E-state index in [1.165, 1.54) is 0 Å². The van der Waals surface area contributed by atoms with E-state index in [4.69, 9.17) is 11.6 Å². The van der Waals surface area contributed by atoms with Gasteiger partial charge >= 0.3 is 6.18 Å². The van der Waals surface area contributed by atoms with E-state index < -0.39 is 11.7 Å². The first-order chi connectivity index (χ1) is 10.8. The number of alkyl halides is 3. The molecule has 0 unspecified atom stereocenters. The molecule has 1 aromatic rings. The Morgan fingerprint density at radius 1 is 1.43 bits per heavy atom. The van der Waals surface area contributed by atoms with Crippen molar-refractivity contribution in [1.82, 2.24) is 10.3 Å². The Morgan fingerprint density at radius 2 is 2.09 bits per heavy atom. The molecule has 2 heterocycles. The predicted molar refractivity (Wildman–Crippen MR) is 82.5 cm³/mol. The zero-order valence-corrected chi connectivity index (χ0v) is 13.5. The van der Waals surface area contributed by atoms with Crippen LogP contribution in [0.5, 0.6) is 0 Å². The van der Waals surface area contributed by atoms with Crippen LogP contribution in [0.4, 0.5) is 19.0 Å². The predicted octanol–water partition coefficient (Wildman–Crippen LogP) is 3.50. The SMILES string of the molecule is CCCNC(=O)C1CCN(c2ncc(C(F)(F)F)cc2Cl)CC1. The lowest BCUT2D eigenvalue weighted by Gasteiger charge is -2.32. The number of carbonyl (C=O) groups excluding carboxylic acids is 1. The molecule has 0 spiro atoms. The van der Waals surface area contributed by atoms with E-state index in [2.05, 4.69) is 10.3 Å². The molecule has 1 aliphatic heterocycles. The fourth-order valence-electron chi connectivity index (χ4n) is 2.56. The van der Waals surface area contributed by atoms with Gasteiger partial charge in [0.2, 0.25) is 5.91 Å². The third kappa shape index (κ3) is 4.50. The number of halogens is 4. The zero-order valence-electron chi connectivity index (χ0n) is 12.8. The molecule has 0 saturated carbocycles. The second kappa shape index (κ2) is 7.38. The maximum atomic E-state index is 12.6. The van der Waals surface area contributed by atoms with Crippen LogP contribution in [0.25, 0.3) is 0 Å². The summed E-state index contributed by atoms with van der Waals surface area (Å²) in [6.07, 6.45) is -1.51. The van der Waals surface area contributed by atoms with E-state index >= 15 is 0 Å². The number of carbonyl (C=O) groups is 1. The molecule has 128 valence electrons. The van der Waals surface area contributed by atoms with Crippen molar-refractivity contribution in [3.05, 3.63) is 22.8 Å². The molecule has 0 radical (unpaired) electrons. The molecule has 0 aromatic carbocycles. The third-order valence-corrected chi connectivity index (χ3v) is 4.14. The van der Waals surface area contributed by atoms with E-state index in [-0.39, 0.29) is 16.8 Å². The fourth-order valence-corrected chi connectivity index (χ4v) is 2.85. The number of aromatic nitrogens is 1. The first-order valence-corrected chi connectivity index (χ1v) is 7.96. The lowest BCUT2D eigenvalue weighted by molar-refractivity contribution is -0.137. The molecule has 1 aliphatic rings. The van der Waals surface area contributed by atoms with E-state index in [1.807, 2.05) is 11.8 Å². The van der Waals surface area contributed by atoms with Gasteiger partial charge in [-0.25, -0.2) is 4.98 Å². The van der Waals surface area contributed by atoms with E-state index in [0.29, 0.717) is 38.3 Å². The lowest BCUT2D eigenvalue weighted by Crippen LogP contribution is -2.41. The first kappa shape index (κ1) is 17.8. The van der Waals surface area contributed by atoms with Crippen molar-refractivity contribution in [2.75, 3.05) is 24.5 Å². The normalized spacial score (nSPS) is 16.5.